The molecule has 2 heterocycles. The minimum absolute atomic E-state index is 0.0457. The molecule has 1 aromatic heterocycles. The van der Waals surface area contributed by atoms with Crippen molar-refractivity contribution in [3.63, 3.8) is 0 Å². The van der Waals surface area contributed by atoms with Crippen LogP contribution in [-0.4, -0.2) is 53.7 Å². The minimum Gasteiger partial charge on any atom is -0.326 e. The smallest absolute Gasteiger partial charge is 0.258 e. The molecule has 0 unspecified atom stereocenters. The van der Waals surface area contributed by atoms with Gasteiger partial charge in [-0.3, -0.25) is 19.4 Å². The Hall–Kier alpha value is -3.91. The van der Waals surface area contributed by atoms with Gasteiger partial charge in [0.05, 0.1) is 11.9 Å². The van der Waals surface area contributed by atoms with Crippen LogP contribution >= 0.6 is 0 Å². The highest BCUT2D eigenvalue weighted by Gasteiger charge is 2.26. The van der Waals surface area contributed by atoms with Crippen LogP contribution in [0.3, 0.4) is 0 Å². The zero-order valence-corrected chi connectivity index (χ0v) is 20.9. The Labute approximate surface area is 216 Å². The second-order valence-corrected chi connectivity index (χ2v) is 9.27. The number of hydrogen-bond donors (Lipinski definition) is 1. The van der Waals surface area contributed by atoms with Crippen LogP contribution in [0.2, 0.25) is 0 Å². The van der Waals surface area contributed by atoms with E-state index in [-0.39, 0.29) is 29.3 Å². The fourth-order valence-electron chi connectivity index (χ4n) is 4.64. The fourth-order valence-corrected chi connectivity index (χ4v) is 4.64. The Balaban J connectivity index is 1.32. The van der Waals surface area contributed by atoms with E-state index in [1.54, 1.807) is 59.8 Å². The number of hydrogen-bond acceptors (Lipinski definition) is 5. The standard InChI is InChI=1S/C29H31FN4O3/c1-21(35)32-26-11-7-24(8-12-26)29(37)34(27-4-2-15-31-20-27)17-3-16-33-18-13-23(14-19-33)28(36)22-5-9-25(30)10-6-22/h2,4-12,15,20,23H,3,13-14,16-19H2,1H3,(H,32,35). The predicted octanol–water partition coefficient (Wildman–Crippen LogP) is 4.81. The molecule has 0 saturated carbocycles. The lowest BCUT2D eigenvalue weighted by molar-refractivity contribution is -0.114. The van der Waals surface area contributed by atoms with Crippen molar-refractivity contribution in [3.05, 3.63) is 90.0 Å². The van der Waals surface area contributed by atoms with Gasteiger partial charge in [-0.1, -0.05) is 0 Å². The first-order valence-electron chi connectivity index (χ1n) is 12.5. The second-order valence-electron chi connectivity index (χ2n) is 9.27. The highest BCUT2D eigenvalue weighted by Crippen LogP contribution is 2.23. The Morgan fingerprint density at radius 3 is 2.30 bits per heavy atom. The van der Waals surface area contributed by atoms with Gasteiger partial charge in [0.1, 0.15) is 5.82 Å². The van der Waals surface area contributed by atoms with E-state index >= 15 is 0 Å². The van der Waals surface area contributed by atoms with Gasteiger partial charge in [0, 0.05) is 42.4 Å². The van der Waals surface area contributed by atoms with Crippen molar-refractivity contribution in [3.8, 4) is 0 Å². The number of carbonyl (C=O) groups is 3. The van der Waals surface area contributed by atoms with Gasteiger partial charge in [0.15, 0.2) is 5.78 Å². The number of ketones is 1. The van der Waals surface area contributed by atoms with Gasteiger partial charge >= 0.3 is 0 Å². The molecule has 0 spiro atoms. The summed E-state index contributed by atoms with van der Waals surface area (Å²) in [7, 11) is 0. The van der Waals surface area contributed by atoms with Crippen LogP contribution in [0.4, 0.5) is 15.8 Å². The number of nitrogens with one attached hydrogen (secondary N) is 1. The molecule has 192 valence electrons. The van der Waals surface area contributed by atoms with Gasteiger partial charge in [-0.2, -0.15) is 0 Å². The van der Waals surface area contributed by atoms with Crippen LogP contribution in [0, 0.1) is 11.7 Å². The molecular weight excluding hydrogens is 471 g/mol. The average molecular weight is 503 g/mol. The lowest BCUT2D eigenvalue weighted by Crippen LogP contribution is -2.39. The summed E-state index contributed by atoms with van der Waals surface area (Å²) < 4.78 is 13.2. The third-order valence-corrected chi connectivity index (χ3v) is 6.60. The molecule has 7 nitrogen and oxygen atoms in total. The Kier molecular flexibility index (Phi) is 8.74. The predicted molar refractivity (Wildman–Crippen MR) is 141 cm³/mol. The third kappa shape index (κ3) is 7.07. The summed E-state index contributed by atoms with van der Waals surface area (Å²) in [5, 5.41) is 2.71. The second kappa shape index (κ2) is 12.4. The number of pyridine rings is 1. The molecule has 4 rings (SSSR count). The van der Waals surface area contributed by atoms with Crippen LogP contribution in [0.15, 0.2) is 73.1 Å². The number of amides is 2. The summed E-state index contributed by atoms with van der Waals surface area (Å²) in [4.78, 5) is 45.6. The fraction of sp³-hybridized carbons (Fsp3) is 0.310. The number of carbonyl (C=O) groups excluding carboxylic acids is 3. The topological polar surface area (TPSA) is 82.6 Å². The van der Waals surface area contributed by atoms with Crippen molar-refractivity contribution >= 4 is 29.0 Å². The molecule has 1 N–H and O–H groups in total. The molecule has 1 aliphatic heterocycles. The maximum atomic E-state index is 13.4. The number of likely N-dealkylation sites (tertiary alicyclic amines) is 1. The SMILES string of the molecule is CC(=O)Nc1ccc(C(=O)N(CCCN2CCC(C(=O)c3ccc(F)cc3)CC2)c2cccnc2)cc1. The van der Waals surface area contributed by atoms with E-state index in [0.717, 1.165) is 44.6 Å². The van der Waals surface area contributed by atoms with Crippen molar-refractivity contribution in [2.75, 3.05) is 36.4 Å². The molecule has 0 bridgehead atoms. The van der Waals surface area contributed by atoms with Gasteiger partial charge in [-0.25, -0.2) is 4.39 Å². The molecule has 0 radical (unpaired) electrons. The van der Waals surface area contributed by atoms with Crippen LogP contribution in [0.25, 0.3) is 0 Å². The average Bonchev–Trinajstić information content (AvgIpc) is 2.92. The van der Waals surface area contributed by atoms with E-state index in [1.807, 2.05) is 6.07 Å². The number of nitrogens with zero attached hydrogens (tertiary/aromatic N) is 3. The van der Waals surface area contributed by atoms with Crippen LogP contribution in [0.1, 0.15) is 46.9 Å². The largest absolute Gasteiger partial charge is 0.326 e. The van der Waals surface area contributed by atoms with Crippen molar-refractivity contribution < 1.29 is 18.8 Å². The molecule has 2 amide bonds. The van der Waals surface area contributed by atoms with E-state index < -0.39 is 0 Å². The molecule has 3 aromatic rings. The molecule has 1 fully saturated rings. The Morgan fingerprint density at radius 1 is 1.00 bits per heavy atom. The Bertz CT molecular complexity index is 1210. The molecule has 0 atom stereocenters. The first-order chi connectivity index (χ1) is 17.9. The molecule has 8 heteroatoms. The zero-order valence-electron chi connectivity index (χ0n) is 20.9. The minimum atomic E-state index is -0.341. The number of anilines is 2. The maximum absolute atomic E-state index is 13.4. The van der Waals surface area contributed by atoms with Crippen LogP contribution in [-0.2, 0) is 4.79 Å². The molecule has 2 aromatic carbocycles. The summed E-state index contributed by atoms with van der Waals surface area (Å²) in [6.07, 6.45) is 5.65. The number of Topliss-reactive ketones (excluding diaryl/α,β-unsaturated/α-hetero) is 1. The van der Waals surface area contributed by atoms with Crippen molar-refractivity contribution in [1.29, 1.82) is 0 Å². The first-order valence-corrected chi connectivity index (χ1v) is 12.5. The number of benzene rings is 2. The van der Waals surface area contributed by atoms with Crippen LogP contribution < -0.4 is 10.2 Å². The third-order valence-electron chi connectivity index (χ3n) is 6.60. The monoisotopic (exact) mass is 502 g/mol. The summed E-state index contributed by atoms with van der Waals surface area (Å²) in [5.74, 6) is -0.605. The maximum Gasteiger partial charge on any atom is 0.258 e. The highest BCUT2D eigenvalue weighted by molar-refractivity contribution is 6.06. The highest BCUT2D eigenvalue weighted by atomic mass is 19.1. The first kappa shape index (κ1) is 26.2. The summed E-state index contributed by atoms with van der Waals surface area (Å²) in [6, 6.07) is 16.3. The van der Waals surface area contributed by atoms with Gasteiger partial charge in [-0.15, -0.1) is 0 Å². The summed E-state index contributed by atoms with van der Waals surface area (Å²) in [5.41, 5.74) is 2.45. The quantitative estimate of drug-likeness (QED) is 0.425. The van der Waals surface area contributed by atoms with Crippen molar-refractivity contribution in [2.45, 2.75) is 26.2 Å². The van der Waals surface area contributed by atoms with E-state index in [4.69, 9.17) is 0 Å². The molecule has 1 aliphatic rings. The lowest BCUT2D eigenvalue weighted by Gasteiger charge is -2.32. The van der Waals surface area contributed by atoms with E-state index in [2.05, 4.69) is 15.2 Å². The number of rotatable bonds is 9. The van der Waals surface area contributed by atoms with Crippen molar-refractivity contribution in [1.82, 2.24) is 9.88 Å². The Morgan fingerprint density at radius 2 is 1.68 bits per heavy atom. The normalized spacial score (nSPS) is 14.2. The van der Waals surface area contributed by atoms with Gasteiger partial charge < -0.3 is 15.1 Å². The zero-order chi connectivity index (χ0) is 26.2. The van der Waals surface area contributed by atoms with Gasteiger partial charge in [-0.05, 0) is 99.6 Å². The number of aromatic nitrogens is 1. The van der Waals surface area contributed by atoms with E-state index in [0.29, 0.717) is 23.4 Å². The van der Waals surface area contributed by atoms with E-state index in [1.165, 1.54) is 19.1 Å². The van der Waals surface area contributed by atoms with Gasteiger partial charge in [0.2, 0.25) is 5.91 Å². The molecule has 1 saturated heterocycles. The van der Waals surface area contributed by atoms with Gasteiger partial charge in [0.25, 0.3) is 5.91 Å². The molecular formula is C29H31FN4O3. The summed E-state index contributed by atoms with van der Waals surface area (Å²) in [6.45, 7) is 4.39. The molecule has 0 aliphatic carbocycles. The molecule has 37 heavy (non-hydrogen) atoms. The number of piperidine rings is 1. The van der Waals surface area contributed by atoms with E-state index in [9.17, 15) is 18.8 Å². The van der Waals surface area contributed by atoms with Crippen LogP contribution in [0.5, 0.6) is 0 Å². The lowest BCUT2D eigenvalue weighted by atomic mass is 9.89. The van der Waals surface area contributed by atoms with Crippen molar-refractivity contribution in [2.24, 2.45) is 5.92 Å². The summed E-state index contributed by atoms with van der Waals surface area (Å²) >= 11 is 0. The number of halogens is 1.